The molecule has 1 amide bonds. The SMILES string of the molecule is COc1ccc(-c2cc(C(N)=O)c3c(n2)-c2ccc(C)nc2C3)cc1. The molecule has 25 heavy (non-hydrogen) atoms. The Kier molecular flexibility index (Phi) is 3.50. The van der Waals surface area contributed by atoms with E-state index in [0.717, 1.165) is 39.5 Å². The number of aryl methyl sites for hydroxylation is 1. The maximum absolute atomic E-state index is 12.0. The van der Waals surface area contributed by atoms with Crippen LogP contribution in [0.25, 0.3) is 22.5 Å². The number of nitrogens with two attached hydrogens (primary N) is 1. The number of benzene rings is 1. The van der Waals surface area contributed by atoms with Gasteiger partial charge < -0.3 is 10.5 Å². The van der Waals surface area contributed by atoms with Crippen molar-refractivity contribution >= 4 is 5.91 Å². The maximum Gasteiger partial charge on any atom is 0.249 e. The fraction of sp³-hybridized carbons (Fsp3) is 0.150. The Balaban J connectivity index is 1.91. The normalized spacial score (nSPS) is 11.8. The molecular formula is C20H17N3O2. The van der Waals surface area contributed by atoms with Crippen LogP contribution in [0.2, 0.25) is 0 Å². The quantitative estimate of drug-likeness (QED) is 0.625. The van der Waals surface area contributed by atoms with Crippen LogP contribution in [0.15, 0.2) is 42.5 Å². The number of primary amides is 1. The average molecular weight is 331 g/mol. The van der Waals surface area contributed by atoms with E-state index < -0.39 is 5.91 Å². The highest BCUT2D eigenvalue weighted by molar-refractivity contribution is 5.98. The lowest BCUT2D eigenvalue weighted by Gasteiger charge is -2.10. The summed E-state index contributed by atoms with van der Waals surface area (Å²) in [6, 6.07) is 13.3. The molecule has 0 bridgehead atoms. The largest absolute Gasteiger partial charge is 0.497 e. The number of nitrogens with zero attached hydrogens (tertiary/aromatic N) is 2. The second kappa shape index (κ2) is 5.70. The van der Waals surface area contributed by atoms with Crippen molar-refractivity contribution in [1.29, 1.82) is 0 Å². The lowest BCUT2D eigenvalue weighted by molar-refractivity contribution is 0.0999. The summed E-state index contributed by atoms with van der Waals surface area (Å²) in [6.45, 7) is 1.95. The molecule has 0 saturated carbocycles. The lowest BCUT2D eigenvalue weighted by atomic mass is 10.0. The maximum atomic E-state index is 12.0. The van der Waals surface area contributed by atoms with Crippen molar-refractivity contribution < 1.29 is 9.53 Å². The van der Waals surface area contributed by atoms with E-state index in [1.54, 1.807) is 13.2 Å². The number of hydrogen-bond acceptors (Lipinski definition) is 4. The van der Waals surface area contributed by atoms with E-state index in [0.29, 0.717) is 17.7 Å². The summed E-state index contributed by atoms with van der Waals surface area (Å²) in [7, 11) is 1.62. The number of fused-ring (bicyclic) bond motifs is 3. The molecular weight excluding hydrogens is 314 g/mol. The van der Waals surface area contributed by atoms with E-state index in [1.165, 1.54) is 0 Å². The topological polar surface area (TPSA) is 78.1 Å². The Morgan fingerprint density at radius 1 is 1.12 bits per heavy atom. The summed E-state index contributed by atoms with van der Waals surface area (Å²) in [5.74, 6) is 0.322. The van der Waals surface area contributed by atoms with Crippen LogP contribution >= 0.6 is 0 Å². The van der Waals surface area contributed by atoms with Crippen molar-refractivity contribution in [3.8, 4) is 28.3 Å². The van der Waals surface area contributed by atoms with E-state index in [9.17, 15) is 4.79 Å². The number of pyridine rings is 2. The molecule has 124 valence electrons. The Labute approximate surface area is 145 Å². The number of hydrogen-bond donors (Lipinski definition) is 1. The first-order valence-electron chi connectivity index (χ1n) is 8.02. The molecule has 2 heterocycles. The van der Waals surface area contributed by atoms with Crippen molar-refractivity contribution in [2.45, 2.75) is 13.3 Å². The molecule has 3 aromatic rings. The minimum atomic E-state index is -0.446. The first kappa shape index (κ1) is 15.3. The number of ether oxygens (including phenoxy) is 1. The molecule has 5 heteroatoms. The van der Waals surface area contributed by atoms with E-state index in [-0.39, 0.29) is 0 Å². The summed E-state index contributed by atoms with van der Waals surface area (Å²) < 4.78 is 5.20. The molecule has 0 fully saturated rings. The predicted molar refractivity (Wildman–Crippen MR) is 95.5 cm³/mol. The van der Waals surface area contributed by atoms with Crippen molar-refractivity contribution in [3.63, 3.8) is 0 Å². The molecule has 4 rings (SSSR count). The van der Waals surface area contributed by atoms with Crippen molar-refractivity contribution in [3.05, 3.63) is 65.0 Å². The summed E-state index contributed by atoms with van der Waals surface area (Å²) in [6.07, 6.45) is 0.584. The van der Waals surface area contributed by atoms with Crippen LogP contribution in [0.5, 0.6) is 5.75 Å². The molecule has 2 aromatic heterocycles. The average Bonchev–Trinajstić information content (AvgIpc) is 2.98. The molecule has 2 N–H and O–H groups in total. The molecule has 5 nitrogen and oxygen atoms in total. The molecule has 0 unspecified atom stereocenters. The van der Waals surface area contributed by atoms with Gasteiger partial charge >= 0.3 is 0 Å². The Bertz CT molecular complexity index is 995. The monoisotopic (exact) mass is 331 g/mol. The van der Waals surface area contributed by atoms with Gasteiger partial charge in [-0.25, -0.2) is 4.98 Å². The van der Waals surface area contributed by atoms with Gasteiger partial charge in [-0.15, -0.1) is 0 Å². The highest BCUT2D eigenvalue weighted by atomic mass is 16.5. The number of aromatic nitrogens is 2. The van der Waals surface area contributed by atoms with Gasteiger partial charge in [0, 0.05) is 28.8 Å². The Hall–Kier alpha value is -3.21. The number of carbonyl (C=O) groups excluding carboxylic acids is 1. The molecule has 1 aliphatic carbocycles. The Morgan fingerprint density at radius 2 is 1.88 bits per heavy atom. The number of carbonyl (C=O) groups is 1. The zero-order valence-electron chi connectivity index (χ0n) is 14.0. The van der Waals surface area contributed by atoms with Gasteiger partial charge in [0.25, 0.3) is 0 Å². The zero-order valence-corrected chi connectivity index (χ0v) is 14.0. The summed E-state index contributed by atoms with van der Waals surface area (Å²) in [5.41, 5.74) is 12.3. The first-order valence-corrected chi connectivity index (χ1v) is 8.02. The van der Waals surface area contributed by atoms with Gasteiger partial charge in [0.2, 0.25) is 5.91 Å². The Morgan fingerprint density at radius 3 is 2.56 bits per heavy atom. The third-order valence-electron chi connectivity index (χ3n) is 4.49. The van der Waals surface area contributed by atoms with Crippen molar-refractivity contribution in [2.75, 3.05) is 7.11 Å². The minimum Gasteiger partial charge on any atom is -0.497 e. The molecule has 0 spiro atoms. The number of methoxy groups -OCH3 is 1. The van der Waals surface area contributed by atoms with Gasteiger partial charge in [-0.2, -0.15) is 0 Å². The van der Waals surface area contributed by atoms with Gasteiger partial charge in [-0.1, -0.05) is 0 Å². The number of amides is 1. The summed E-state index contributed by atoms with van der Waals surface area (Å²) in [5, 5.41) is 0. The van der Waals surface area contributed by atoms with Crippen LogP contribution < -0.4 is 10.5 Å². The van der Waals surface area contributed by atoms with Crippen LogP contribution in [0.3, 0.4) is 0 Å². The van der Waals surface area contributed by atoms with E-state index >= 15 is 0 Å². The molecule has 0 atom stereocenters. The smallest absolute Gasteiger partial charge is 0.249 e. The lowest BCUT2D eigenvalue weighted by Crippen LogP contribution is -2.14. The zero-order chi connectivity index (χ0) is 17.6. The molecule has 0 radical (unpaired) electrons. The van der Waals surface area contributed by atoms with E-state index in [2.05, 4.69) is 4.98 Å². The fourth-order valence-electron chi connectivity index (χ4n) is 3.23. The van der Waals surface area contributed by atoms with Gasteiger partial charge in [0.15, 0.2) is 0 Å². The van der Waals surface area contributed by atoms with E-state index in [1.807, 2.05) is 43.3 Å². The standard InChI is InChI=1S/C20H17N3O2/c1-11-3-8-14-18(22-11)9-15-16(20(21)24)10-17(23-19(14)15)12-4-6-13(25-2)7-5-12/h3-8,10H,9H2,1-2H3,(H2,21,24). The highest BCUT2D eigenvalue weighted by Crippen LogP contribution is 2.38. The molecule has 1 aliphatic rings. The van der Waals surface area contributed by atoms with Crippen molar-refractivity contribution in [1.82, 2.24) is 9.97 Å². The van der Waals surface area contributed by atoms with Crippen LogP contribution in [-0.2, 0) is 6.42 Å². The van der Waals surface area contributed by atoms with Crippen LogP contribution in [0, 0.1) is 6.92 Å². The molecule has 0 saturated heterocycles. The van der Waals surface area contributed by atoms with Gasteiger partial charge in [-0.3, -0.25) is 9.78 Å². The second-order valence-corrected chi connectivity index (χ2v) is 6.10. The van der Waals surface area contributed by atoms with E-state index in [4.69, 9.17) is 15.5 Å². The van der Waals surface area contributed by atoms with Crippen LogP contribution in [-0.4, -0.2) is 23.0 Å². The molecule has 1 aromatic carbocycles. The molecule has 0 aliphatic heterocycles. The summed E-state index contributed by atoms with van der Waals surface area (Å²) >= 11 is 0. The second-order valence-electron chi connectivity index (χ2n) is 6.10. The third kappa shape index (κ3) is 2.54. The minimum absolute atomic E-state index is 0.446. The van der Waals surface area contributed by atoms with Crippen LogP contribution in [0.4, 0.5) is 0 Å². The van der Waals surface area contributed by atoms with Gasteiger partial charge in [-0.05, 0) is 55.0 Å². The summed E-state index contributed by atoms with van der Waals surface area (Å²) in [4.78, 5) is 21.4. The van der Waals surface area contributed by atoms with Gasteiger partial charge in [0.1, 0.15) is 5.75 Å². The van der Waals surface area contributed by atoms with Crippen LogP contribution in [0.1, 0.15) is 27.3 Å². The fourth-order valence-corrected chi connectivity index (χ4v) is 3.23. The predicted octanol–water partition coefficient (Wildman–Crippen LogP) is 3.13. The van der Waals surface area contributed by atoms with Crippen molar-refractivity contribution in [2.24, 2.45) is 5.73 Å². The third-order valence-corrected chi connectivity index (χ3v) is 4.49. The van der Waals surface area contributed by atoms with Gasteiger partial charge in [0.05, 0.1) is 24.2 Å². The highest BCUT2D eigenvalue weighted by Gasteiger charge is 2.27. The number of rotatable bonds is 3. The first-order chi connectivity index (χ1) is 12.1.